The lowest BCUT2D eigenvalue weighted by molar-refractivity contribution is 0.136. The van der Waals surface area contributed by atoms with E-state index in [-0.39, 0.29) is 11.4 Å². The lowest BCUT2D eigenvalue weighted by Crippen LogP contribution is -2.27. The molecule has 20 heavy (non-hydrogen) atoms. The summed E-state index contributed by atoms with van der Waals surface area (Å²) in [6.07, 6.45) is 3.53. The van der Waals surface area contributed by atoms with Crippen molar-refractivity contribution in [2.24, 2.45) is 0 Å². The average molecular weight is 301 g/mol. The van der Waals surface area contributed by atoms with Crippen LogP contribution < -0.4 is 10.0 Å². The second-order valence-electron chi connectivity index (χ2n) is 4.27. The molecule has 0 aliphatic carbocycles. The van der Waals surface area contributed by atoms with Crippen molar-refractivity contribution in [3.63, 3.8) is 0 Å². The van der Waals surface area contributed by atoms with Crippen LogP contribution in [0.1, 0.15) is 26.7 Å². The number of aromatic nitrogens is 1. The Balaban J connectivity index is 2.49. The number of hydrogen-bond acceptors (Lipinski definition) is 5. The maximum Gasteiger partial charge on any atom is 0.240 e. The van der Waals surface area contributed by atoms with Crippen molar-refractivity contribution in [1.29, 1.82) is 0 Å². The van der Waals surface area contributed by atoms with Gasteiger partial charge in [0.05, 0.1) is 11.5 Å². The second-order valence-corrected chi connectivity index (χ2v) is 6.04. The quantitative estimate of drug-likeness (QED) is 0.642. The predicted molar refractivity (Wildman–Crippen MR) is 79.3 cm³/mol. The van der Waals surface area contributed by atoms with Crippen LogP contribution in [0.3, 0.4) is 0 Å². The standard InChI is InChI=1S/C13H23N3O3S/c1-3-5-9-19-10-8-16-20(17,18)12-6-7-15-13(11-12)14-4-2/h6-7,11,16H,3-5,8-10H2,1-2H3,(H,14,15). The molecule has 1 aromatic heterocycles. The highest BCUT2D eigenvalue weighted by atomic mass is 32.2. The number of rotatable bonds is 10. The molecule has 0 amide bonds. The molecule has 0 aliphatic rings. The van der Waals surface area contributed by atoms with Gasteiger partial charge < -0.3 is 10.1 Å². The third kappa shape index (κ3) is 5.85. The van der Waals surface area contributed by atoms with E-state index in [1.807, 2.05) is 6.92 Å². The van der Waals surface area contributed by atoms with Crippen molar-refractivity contribution in [1.82, 2.24) is 9.71 Å². The van der Waals surface area contributed by atoms with Crippen molar-refractivity contribution in [3.8, 4) is 0 Å². The van der Waals surface area contributed by atoms with Gasteiger partial charge in [0.2, 0.25) is 10.0 Å². The first-order valence-corrected chi connectivity index (χ1v) is 8.35. The van der Waals surface area contributed by atoms with Gasteiger partial charge in [0.25, 0.3) is 0 Å². The third-order valence-electron chi connectivity index (χ3n) is 2.58. The average Bonchev–Trinajstić information content (AvgIpc) is 2.43. The van der Waals surface area contributed by atoms with Gasteiger partial charge in [-0.05, 0) is 19.4 Å². The maximum absolute atomic E-state index is 12.1. The van der Waals surface area contributed by atoms with Crippen molar-refractivity contribution in [2.75, 3.05) is 31.6 Å². The molecule has 0 bridgehead atoms. The third-order valence-corrected chi connectivity index (χ3v) is 4.04. The van der Waals surface area contributed by atoms with E-state index in [1.54, 1.807) is 0 Å². The van der Waals surface area contributed by atoms with Crippen LogP contribution in [0, 0.1) is 0 Å². The molecule has 0 fully saturated rings. The molecule has 0 spiro atoms. The van der Waals surface area contributed by atoms with E-state index >= 15 is 0 Å². The normalized spacial score (nSPS) is 11.5. The summed E-state index contributed by atoms with van der Waals surface area (Å²) in [7, 11) is -3.50. The van der Waals surface area contributed by atoms with Crippen molar-refractivity contribution in [2.45, 2.75) is 31.6 Å². The first-order chi connectivity index (χ1) is 9.60. The number of ether oxygens (including phenoxy) is 1. The minimum Gasteiger partial charge on any atom is -0.380 e. The number of anilines is 1. The van der Waals surface area contributed by atoms with E-state index in [2.05, 4.69) is 21.9 Å². The molecule has 0 atom stereocenters. The van der Waals surface area contributed by atoms with E-state index in [0.29, 0.717) is 25.6 Å². The zero-order valence-electron chi connectivity index (χ0n) is 12.1. The van der Waals surface area contributed by atoms with Crippen LogP contribution in [-0.4, -0.2) is 39.7 Å². The molecule has 0 aromatic carbocycles. The van der Waals surface area contributed by atoms with Crippen LogP contribution in [0.5, 0.6) is 0 Å². The van der Waals surface area contributed by atoms with Gasteiger partial charge in [-0.25, -0.2) is 18.1 Å². The summed E-state index contributed by atoms with van der Waals surface area (Å²) in [4.78, 5) is 4.25. The minimum atomic E-state index is -3.50. The summed E-state index contributed by atoms with van der Waals surface area (Å²) in [5.41, 5.74) is 0. The molecule has 1 heterocycles. The Kier molecular flexibility index (Phi) is 7.50. The molecular formula is C13H23N3O3S. The fourth-order valence-corrected chi connectivity index (χ4v) is 2.56. The van der Waals surface area contributed by atoms with Crippen LogP contribution >= 0.6 is 0 Å². The van der Waals surface area contributed by atoms with E-state index < -0.39 is 10.0 Å². The zero-order chi connectivity index (χ0) is 14.8. The molecule has 0 aliphatic heterocycles. The van der Waals surface area contributed by atoms with Gasteiger partial charge >= 0.3 is 0 Å². The Morgan fingerprint density at radius 1 is 1.30 bits per heavy atom. The van der Waals surface area contributed by atoms with Gasteiger partial charge in [-0.2, -0.15) is 0 Å². The van der Waals surface area contributed by atoms with E-state index in [4.69, 9.17) is 4.74 Å². The number of unbranched alkanes of at least 4 members (excludes halogenated alkanes) is 1. The number of nitrogens with one attached hydrogen (secondary N) is 2. The summed E-state index contributed by atoms with van der Waals surface area (Å²) in [5.74, 6) is 0.551. The molecule has 1 aromatic rings. The highest BCUT2D eigenvalue weighted by Gasteiger charge is 2.13. The first kappa shape index (κ1) is 16.9. The van der Waals surface area contributed by atoms with E-state index in [0.717, 1.165) is 12.8 Å². The molecule has 2 N–H and O–H groups in total. The van der Waals surface area contributed by atoms with Gasteiger partial charge in [0, 0.05) is 32.0 Å². The van der Waals surface area contributed by atoms with Gasteiger partial charge in [0.1, 0.15) is 5.82 Å². The summed E-state index contributed by atoms with van der Waals surface area (Å²) in [6.45, 7) is 6.01. The minimum absolute atomic E-state index is 0.206. The number of nitrogens with zero attached hydrogens (tertiary/aromatic N) is 1. The van der Waals surface area contributed by atoms with Crippen molar-refractivity contribution in [3.05, 3.63) is 18.3 Å². The molecule has 7 heteroatoms. The smallest absolute Gasteiger partial charge is 0.240 e. The van der Waals surface area contributed by atoms with Crippen LogP contribution in [-0.2, 0) is 14.8 Å². The van der Waals surface area contributed by atoms with Crippen LogP contribution in [0.15, 0.2) is 23.2 Å². The van der Waals surface area contributed by atoms with Gasteiger partial charge in [-0.3, -0.25) is 0 Å². The molecule has 0 saturated carbocycles. The molecule has 6 nitrogen and oxygen atoms in total. The van der Waals surface area contributed by atoms with Gasteiger partial charge in [0.15, 0.2) is 0 Å². The number of pyridine rings is 1. The van der Waals surface area contributed by atoms with Crippen molar-refractivity contribution < 1.29 is 13.2 Å². The first-order valence-electron chi connectivity index (χ1n) is 6.87. The summed E-state index contributed by atoms with van der Waals surface area (Å²) in [6, 6.07) is 2.99. The zero-order valence-corrected chi connectivity index (χ0v) is 12.9. The second kappa shape index (κ2) is 8.89. The van der Waals surface area contributed by atoms with Crippen LogP contribution in [0.4, 0.5) is 5.82 Å². The molecule has 0 radical (unpaired) electrons. The Morgan fingerprint density at radius 3 is 2.80 bits per heavy atom. The van der Waals surface area contributed by atoms with Crippen LogP contribution in [0.2, 0.25) is 0 Å². The molecule has 0 saturated heterocycles. The molecular weight excluding hydrogens is 278 g/mol. The molecule has 114 valence electrons. The number of sulfonamides is 1. The Morgan fingerprint density at radius 2 is 2.10 bits per heavy atom. The van der Waals surface area contributed by atoms with Crippen molar-refractivity contribution >= 4 is 15.8 Å². The molecule has 1 rings (SSSR count). The van der Waals surface area contributed by atoms with Gasteiger partial charge in [-0.15, -0.1) is 0 Å². The highest BCUT2D eigenvalue weighted by Crippen LogP contribution is 2.12. The van der Waals surface area contributed by atoms with Crippen LogP contribution in [0.25, 0.3) is 0 Å². The van der Waals surface area contributed by atoms with Gasteiger partial charge in [-0.1, -0.05) is 13.3 Å². The Labute approximate surface area is 121 Å². The predicted octanol–water partition coefficient (Wildman–Crippen LogP) is 1.61. The molecule has 0 unspecified atom stereocenters. The SMILES string of the molecule is CCCCOCCNS(=O)(=O)c1ccnc(NCC)c1. The lowest BCUT2D eigenvalue weighted by Gasteiger charge is -2.09. The Bertz CT molecular complexity index is 491. The monoisotopic (exact) mass is 301 g/mol. The largest absolute Gasteiger partial charge is 0.380 e. The van der Waals surface area contributed by atoms with E-state index in [9.17, 15) is 8.42 Å². The Hall–Kier alpha value is -1.18. The summed E-state index contributed by atoms with van der Waals surface area (Å²) in [5, 5.41) is 2.98. The summed E-state index contributed by atoms with van der Waals surface area (Å²) < 4.78 is 31.9. The fraction of sp³-hybridized carbons (Fsp3) is 0.615. The fourth-order valence-electron chi connectivity index (χ4n) is 1.54. The highest BCUT2D eigenvalue weighted by molar-refractivity contribution is 7.89. The number of hydrogen-bond donors (Lipinski definition) is 2. The topological polar surface area (TPSA) is 80.3 Å². The summed E-state index contributed by atoms with van der Waals surface area (Å²) >= 11 is 0. The lowest BCUT2D eigenvalue weighted by atomic mass is 10.4. The van der Waals surface area contributed by atoms with E-state index in [1.165, 1.54) is 18.3 Å². The maximum atomic E-state index is 12.1.